The fourth-order valence-electron chi connectivity index (χ4n) is 1.85. The van der Waals surface area contributed by atoms with Crippen LogP contribution in [0.15, 0.2) is 30.5 Å². The summed E-state index contributed by atoms with van der Waals surface area (Å²) in [7, 11) is 0. The highest BCUT2D eigenvalue weighted by atomic mass is 32.1. The normalized spacial score (nSPS) is 12.5. The second-order valence-corrected chi connectivity index (χ2v) is 6.39. The summed E-state index contributed by atoms with van der Waals surface area (Å²) in [6.45, 7) is 3.22. The Labute approximate surface area is 124 Å². The van der Waals surface area contributed by atoms with Gasteiger partial charge in [-0.2, -0.15) is 0 Å². The van der Waals surface area contributed by atoms with Crippen LogP contribution in [0.3, 0.4) is 0 Å². The molecule has 0 aliphatic rings. The zero-order valence-electron chi connectivity index (χ0n) is 11.0. The maximum Gasteiger partial charge on any atom is 0.303 e. The van der Waals surface area contributed by atoms with Crippen LogP contribution in [-0.4, -0.2) is 15.9 Å². The molecule has 0 saturated heterocycles. The Morgan fingerprint density at radius 1 is 1.30 bits per heavy atom. The number of hydrogen-bond donors (Lipinski definition) is 0. The number of rotatable bonds is 3. The number of aromatic nitrogens is 2. The smallest absolute Gasteiger partial charge is 0.303 e. The molecule has 0 N–H and O–H groups in total. The van der Waals surface area contributed by atoms with Gasteiger partial charge in [-0.25, -0.2) is 9.97 Å². The first-order valence-corrected chi connectivity index (χ1v) is 7.75. The summed E-state index contributed by atoms with van der Waals surface area (Å²) in [6.07, 6.45) is 1.47. The largest absolute Gasteiger partial charge is 0.455 e. The summed E-state index contributed by atoms with van der Waals surface area (Å²) in [4.78, 5) is 20.9. The van der Waals surface area contributed by atoms with Crippen LogP contribution in [0.2, 0.25) is 0 Å². The fraction of sp³-hybridized carbons (Fsp3) is 0.214. The van der Waals surface area contributed by atoms with Crippen LogP contribution in [-0.2, 0) is 9.53 Å². The molecule has 1 atom stereocenters. The molecule has 3 rings (SSSR count). The predicted molar refractivity (Wildman–Crippen MR) is 80.9 cm³/mol. The van der Waals surface area contributed by atoms with Gasteiger partial charge in [0.2, 0.25) is 0 Å². The highest BCUT2D eigenvalue weighted by molar-refractivity contribution is 7.25. The second-order valence-electron chi connectivity index (χ2n) is 4.30. The van der Waals surface area contributed by atoms with Crippen molar-refractivity contribution in [3.8, 4) is 9.88 Å². The lowest BCUT2D eigenvalue weighted by atomic mass is 10.3. The van der Waals surface area contributed by atoms with Crippen molar-refractivity contribution in [3.63, 3.8) is 0 Å². The lowest BCUT2D eigenvalue weighted by Gasteiger charge is -2.07. The molecular weight excluding hydrogens is 292 g/mol. The quantitative estimate of drug-likeness (QED) is 0.685. The monoisotopic (exact) mass is 304 g/mol. The van der Waals surface area contributed by atoms with Crippen LogP contribution >= 0.6 is 22.7 Å². The number of fused-ring (bicyclic) bond motifs is 1. The number of esters is 1. The minimum absolute atomic E-state index is 0.297. The van der Waals surface area contributed by atoms with Gasteiger partial charge in [0.05, 0.1) is 15.1 Å². The lowest BCUT2D eigenvalue weighted by Crippen LogP contribution is -2.03. The molecule has 0 spiro atoms. The van der Waals surface area contributed by atoms with Crippen LogP contribution in [0.5, 0.6) is 0 Å². The molecule has 1 unspecified atom stereocenters. The third-order valence-electron chi connectivity index (χ3n) is 2.72. The second kappa shape index (κ2) is 5.30. The molecule has 102 valence electrons. The van der Waals surface area contributed by atoms with Gasteiger partial charge < -0.3 is 4.74 Å². The van der Waals surface area contributed by atoms with E-state index >= 15 is 0 Å². The molecule has 0 amide bonds. The van der Waals surface area contributed by atoms with Crippen LogP contribution < -0.4 is 0 Å². The minimum Gasteiger partial charge on any atom is -0.455 e. The third kappa shape index (κ3) is 2.57. The maximum absolute atomic E-state index is 11.0. The highest BCUT2D eigenvalue weighted by Crippen LogP contribution is 2.35. The predicted octanol–water partition coefficient (Wildman–Crippen LogP) is 4.04. The Balaban J connectivity index is 1.91. The maximum atomic E-state index is 11.0. The SMILES string of the molecule is CC(=O)OC(C)c1ncc(-c2nc3ccccc3s2)s1. The van der Waals surface area contributed by atoms with E-state index in [9.17, 15) is 4.79 Å². The van der Waals surface area contributed by atoms with Gasteiger partial charge in [0.25, 0.3) is 0 Å². The van der Waals surface area contributed by atoms with Crippen molar-refractivity contribution in [1.82, 2.24) is 9.97 Å². The molecule has 1 aromatic carbocycles. The number of benzene rings is 1. The zero-order valence-corrected chi connectivity index (χ0v) is 12.6. The van der Waals surface area contributed by atoms with Crippen LogP contribution in [0.25, 0.3) is 20.1 Å². The number of thiazole rings is 2. The number of nitrogens with zero attached hydrogens (tertiary/aromatic N) is 2. The van der Waals surface area contributed by atoms with Gasteiger partial charge in [0.1, 0.15) is 10.0 Å². The molecule has 0 bridgehead atoms. The van der Waals surface area contributed by atoms with Crippen molar-refractivity contribution >= 4 is 38.9 Å². The van der Waals surface area contributed by atoms with E-state index in [-0.39, 0.29) is 12.1 Å². The van der Waals surface area contributed by atoms with Crippen molar-refractivity contribution < 1.29 is 9.53 Å². The highest BCUT2D eigenvalue weighted by Gasteiger charge is 2.15. The number of ether oxygens (including phenoxy) is 1. The summed E-state index contributed by atoms with van der Waals surface area (Å²) in [5, 5.41) is 1.74. The Kier molecular flexibility index (Phi) is 3.50. The van der Waals surface area contributed by atoms with E-state index in [0.29, 0.717) is 0 Å². The van der Waals surface area contributed by atoms with Crippen LogP contribution in [0, 0.1) is 0 Å². The molecule has 4 nitrogen and oxygen atoms in total. The minimum atomic E-state index is -0.319. The summed E-state index contributed by atoms with van der Waals surface area (Å²) >= 11 is 3.15. The van der Waals surface area contributed by atoms with E-state index < -0.39 is 0 Å². The van der Waals surface area contributed by atoms with Crippen molar-refractivity contribution in [3.05, 3.63) is 35.5 Å². The first-order chi connectivity index (χ1) is 9.63. The Morgan fingerprint density at radius 3 is 2.85 bits per heavy atom. The Morgan fingerprint density at radius 2 is 2.10 bits per heavy atom. The van der Waals surface area contributed by atoms with E-state index in [1.807, 2.05) is 25.1 Å². The molecule has 2 heterocycles. The molecule has 0 aliphatic heterocycles. The molecule has 2 aromatic heterocycles. The molecule has 0 saturated carbocycles. The Hall–Kier alpha value is -1.79. The molecule has 20 heavy (non-hydrogen) atoms. The fourth-order valence-corrected chi connectivity index (χ4v) is 3.76. The molecule has 0 aliphatic carbocycles. The molecule has 3 aromatic rings. The van der Waals surface area contributed by atoms with Crippen molar-refractivity contribution in [2.75, 3.05) is 0 Å². The average molecular weight is 304 g/mol. The lowest BCUT2D eigenvalue weighted by molar-refractivity contribution is -0.145. The zero-order chi connectivity index (χ0) is 14.1. The van der Waals surface area contributed by atoms with Gasteiger partial charge in [-0.15, -0.1) is 22.7 Å². The van der Waals surface area contributed by atoms with Gasteiger partial charge in [-0.1, -0.05) is 12.1 Å². The topological polar surface area (TPSA) is 52.1 Å². The number of hydrogen-bond acceptors (Lipinski definition) is 6. The van der Waals surface area contributed by atoms with Crippen molar-refractivity contribution in [1.29, 1.82) is 0 Å². The van der Waals surface area contributed by atoms with Crippen molar-refractivity contribution in [2.45, 2.75) is 20.0 Å². The first-order valence-electron chi connectivity index (χ1n) is 6.12. The Bertz CT molecular complexity index is 730. The summed E-state index contributed by atoms with van der Waals surface area (Å²) < 4.78 is 6.29. The van der Waals surface area contributed by atoms with Gasteiger partial charge in [-0.05, 0) is 19.1 Å². The summed E-state index contributed by atoms with van der Waals surface area (Å²) in [5.74, 6) is -0.297. The van der Waals surface area contributed by atoms with E-state index in [0.717, 1.165) is 25.1 Å². The summed E-state index contributed by atoms with van der Waals surface area (Å²) in [6, 6.07) is 8.04. The number of carbonyl (C=O) groups excluding carboxylic acids is 1. The first kappa shape index (κ1) is 13.2. The average Bonchev–Trinajstić information content (AvgIpc) is 3.04. The van der Waals surface area contributed by atoms with E-state index in [2.05, 4.69) is 16.0 Å². The third-order valence-corrected chi connectivity index (χ3v) is 5.08. The van der Waals surface area contributed by atoms with Crippen molar-refractivity contribution in [2.24, 2.45) is 0 Å². The molecular formula is C14H12N2O2S2. The van der Waals surface area contributed by atoms with E-state index in [1.165, 1.54) is 18.3 Å². The molecule has 6 heteroatoms. The number of para-hydroxylation sites is 1. The standard InChI is InChI=1S/C14H12N2O2S2/c1-8(18-9(2)17)13-15-7-12(20-13)14-16-10-5-3-4-6-11(10)19-14/h3-8H,1-2H3. The van der Waals surface area contributed by atoms with Crippen LogP contribution in [0.1, 0.15) is 25.0 Å². The summed E-state index contributed by atoms with van der Waals surface area (Å²) in [5.41, 5.74) is 0.996. The van der Waals surface area contributed by atoms with E-state index in [4.69, 9.17) is 4.74 Å². The molecule has 0 fully saturated rings. The van der Waals surface area contributed by atoms with Gasteiger partial charge in [0.15, 0.2) is 6.10 Å². The molecule has 0 radical (unpaired) electrons. The van der Waals surface area contributed by atoms with E-state index in [1.54, 1.807) is 17.5 Å². The number of carbonyl (C=O) groups is 1. The van der Waals surface area contributed by atoms with Gasteiger partial charge >= 0.3 is 5.97 Å². The van der Waals surface area contributed by atoms with Crippen LogP contribution in [0.4, 0.5) is 0 Å². The van der Waals surface area contributed by atoms with Gasteiger partial charge in [-0.3, -0.25) is 4.79 Å². The van der Waals surface area contributed by atoms with Gasteiger partial charge in [0, 0.05) is 13.1 Å².